The predicted molar refractivity (Wildman–Crippen MR) is 112 cm³/mol. The van der Waals surface area contributed by atoms with Crippen LogP contribution < -0.4 is 15.2 Å². The number of carbonyl (C=O) groups is 1. The van der Waals surface area contributed by atoms with E-state index in [0.29, 0.717) is 17.0 Å². The maximum Gasteiger partial charge on any atom is 0.248 e. The lowest BCUT2D eigenvalue weighted by Crippen LogP contribution is -2.12. The van der Waals surface area contributed by atoms with Crippen molar-refractivity contribution in [2.45, 2.75) is 25.7 Å². The van der Waals surface area contributed by atoms with Crippen LogP contribution in [0, 0.1) is 13.8 Å². The molecule has 1 amide bonds. The highest BCUT2D eigenvalue weighted by Crippen LogP contribution is 2.37. The molecule has 7 nitrogen and oxygen atoms in total. The number of aryl methyl sites for hydroxylation is 2. The summed E-state index contributed by atoms with van der Waals surface area (Å²) >= 11 is 0. The van der Waals surface area contributed by atoms with E-state index in [4.69, 9.17) is 14.3 Å². The van der Waals surface area contributed by atoms with Crippen LogP contribution in [0.1, 0.15) is 23.6 Å². The van der Waals surface area contributed by atoms with Crippen molar-refractivity contribution in [2.24, 2.45) is 5.14 Å². The Morgan fingerprint density at radius 2 is 1.86 bits per heavy atom. The molecule has 0 radical (unpaired) electrons. The average molecular weight is 414 g/mol. The number of allylic oxidation sites excluding steroid dienone is 1. The largest absolute Gasteiger partial charge is 0.496 e. The van der Waals surface area contributed by atoms with Crippen LogP contribution in [-0.4, -0.2) is 21.4 Å². The van der Waals surface area contributed by atoms with Gasteiger partial charge in [0.1, 0.15) is 11.3 Å². The van der Waals surface area contributed by atoms with E-state index in [9.17, 15) is 13.2 Å². The van der Waals surface area contributed by atoms with Gasteiger partial charge < -0.3 is 14.5 Å². The molecule has 2 aromatic carbocycles. The molecule has 0 saturated carbocycles. The molecule has 0 aliphatic heterocycles. The zero-order chi connectivity index (χ0) is 21.3. The molecule has 0 aliphatic carbocycles. The maximum atomic E-state index is 12.5. The SMILES string of the molecule is COc1c(/C(C)=C/C(=O)Nc2ccc(S(N)(=O)=O)cc2)cc2c(C)coc2c1C. The van der Waals surface area contributed by atoms with Gasteiger partial charge in [-0.2, -0.15) is 0 Å². The number of rotatable bonds is 5. The summed E-state index contributed by atoms with van der Waals surface area (Å²) in [5, 5.41) is 8.75. The number of nitrogens with two attached hydrogens (primary N) is 1. The van der Waals surface area contributed by atoms with E-state index in [0.717, 1.165) is 27.7 Å². The molecular formula is C21H22N2O5S. The molecule has 29 heavy (non-hydrogen) atoms. The third-order valence-corrected chi connectivity index (χ3v) is 5.59. The van der Waals surface area contributed by atoms with Gasteiger partial charge in [-0.05, 0) is 62.2 Å². The zero-order valence-corrected chi connectivity index (χ0v) is 17.4. The summed E-state index contributed by atoms with van der Waals surface area (Å²) in [5.74, 6) is 0.292. The molecule has 152 valence electrons. The third kappa shape index (κ3) is 4.18. The number of methoxy groups -OCH3 is 1. The van der Waals surface area contributed by atoms with E-state index >= 15 is 0 Å². The van der Waals surface area contributed by atoms with Gasteiger partial charge in [-0.1, -0.05) is 0 Å². The molecular weight excluding hydrogens is 392 g/mol. The van der Waals surface area contributed by atoms with Crippen molar-refractivity contribution in [3.8, 4) is 5.75 Å². The number of furan rings is 1. The highest BCUT2D eigenvalue weighted by Gasteiger charge is 2.17. The van der Waals surface area contributed by atoms with Gasteiger partial charge in [-0.15, -0.1) is 0 Å². The molecule has 0 spiro atoms. The van der Waals surface area contributed by atoms with Gasteiger partial charge in [0.2, 0.25) is 15.9 Å². The highest BCUT2D eigenvalue weighted by molar-refractivity contribution is 7.89. The number of fused-ring (bicyclic) bond motifs is 1. The summed E-state index contributed by atoms with van der Waals surface area (Å²) in [6.45, 7) is 5.69. The number of hydrogen-bond donors (Lipinski definition) is 2. The molecule has 0 bridgehead atoms. The van der Waals surface area contributed by atoms with Crippen LogP contribution in [0.3, 0.4) is 0 Å². The van der Waals surface area contributed by atoms with Gasteiger partial charge in [0.25, 0.3) is 0 Å². The highest BCUT2D eigenvalue weighted by atomic mass is 32.2. The van der Waals surface area contributed by atoms with Crippen LogP contribution in [0.4, 0.5) is 5.69 Å². The Balaban J connectivity index is 1.90. The summed E-state index contributed by atoms with van der Waals surface area (Å²) in [4.78, 5) is 12.4. The summed E-state index contributed by atoms with van der Waals surface area (Å²) in [6, 6.07) is 7.58. The number of carbonyl (C=O) groups excluding carboxylic acids is 1. The standard InChI is InChI=1S/C21H22N2O5S/c1-12(9-19(24)23-15-5-7-16(8-6-15)29(22,25)26)17-10-18-13(2)11-28-21(18)14(3)20(17)27-4/h5-11H,1-4H3,(H,23,24)(H2,22,25,26)/b12-9+. The lowest BCUT2D eigenvalue weighted by molar-refractivity contribution is -0.111. The van der Waals surface area contributed by atoms with Crippen molar-refractivity contribution in [3.63, 3.8) is 0 Å². The fourth-order valence-electron chi connectivity index (χ4n) is 3.17. The smallest absolute Gasteiger partial charge is 0.248 e. The van der Waals surface area contributed by atoms with Crippen LogP contribution in [0.15, 0.2) is 52.0 Å². The topological polar surface area (TPSA) is 112 Å². The second-order valence-electron chi connectivity index (χ2n) is 6.76. The monoisotopic (exact) mass is 414 g/mol. The van der Waals surface area contributed by atoms with Crippen LogP contribution >= 0.6 is 0 Å². The van der Waals surface area contributed by atoms with E-state index in [1.807, 2.05) is 26.8 Å². The normalized spacial score (nSPS) is 12.2. The number of anilines is 1. The number of nitrogens with one attached hydrogen (secondary N) is 1. The van der Waals surface area contributed by atoms with Crippen molar-refractivity contribution in [3.05, 3.63) is 59.4 Å². The minimum absolute atomic E-state index is 0.0220. The maximum absolute atomic E-state index is 12.5. The van der Waals surface area contributed by atoms with E-state index in [1.54, 1.807) is 13.4 Å². The minimum atomic E-state index is -3.78. The number of ether oxygens (including phenoxy) is 1. The molecule has 3 aromatic rings. The van der Waals surface area contributed by atoms with E-state index in [-0.39, 0.29) is 10.8 Å². The zero-order valence-electron chi connectivity index (χ0n) is 16.6. The van der Waals surface area contributed by atoms with Gasteiger partial charge in [0.15, 0.2) is 0 Å². The summed E-state index contributed by atoms with van der Waals surface area (Å²) < 4.78 is 33.8. The van der Waals surface area contributed by atoms with E-state index in [1.165, 1.54) is 30.3 Å². The third-order valence-electron chi connectivity index (χ3n) is 4.66. The second-order valence-corrected chi connectivity index (χ2v) is 8.33. The van der Waals surface area contributed by atoms with Crippen molar-refractivity contribution in [1.29, 1.82) is 0 Å². The van der Waals surface area contributed by atoms with Gasteiger partial charge in [-0.25, -0.2) is 13.6 Å². The molecule has 3 N–H and O–H groups in total. The molecule has 1 aromatic heterocycles. The van der Waals surface area contributed by atoms with Gasteiger partial charge >= 0.3 is 0 Å². The fraction of sp³-hybridized carbons (Fsp3) is 0.190. The fourth-order valence-corrected chi connectivity index (χ4v) is 3.69. The Morgan fingerprint density at radius 1 is 1.21 bits per heavy atom. The molecule has 0 fully saturated rings. The molecule has 0 atom stereocenters. The predicted octanol–water partition coefficient (Wildman–Crippen LogP) is 3.75. The van der Waals surface area contributed by atoms with Crippen molar-refractivity contribution >= 4 is 38.2 Å². The van der Waals surface area contributed by atoms with Crippen molar-refractivity contribution in [1.82, 2.24) is 0 Å². The Bertz CT molecular complexity index is 1220. The number of amides is 1. The first-order chi connectivity index (χ1) is 13.6. The van der Waals surface area contributed by atoms with Gasteiger partial charge in [-0.3, -0.25) is 4.79 Å². The Hall–Kier alpha value is -3.10. The quantitative estimate of drug-likeness (QED) is 0.618. The first kappa shape index (κ1) is 20.6. The summed E-state index contributed by atoms with van der Waals surface area (Å²) in [6.07, 6.45) is 3.16. The van der Waals surface area contributed by atoms with E-state index < -0.39 is 10.0 Å². The molecule has 0 unspecified atom stereocenters. The first-order valence-electron chi connectivity index (χ1n) is 8.79. The van der Waals surface area contributed by atoms with Gasteiger partial charge in [0, 0.05) is 28.3 Å². The Kier molecular flexibility index (Phi) is 5.50. The van der Waals surface area contributed by atoms with Crippen LogP contribution in [0.2, 0.25) is 0 Å². The van der Waals surface area contributed by atoms with Crippen LogP contribution in [0.5, 0.6) is 5.75 Å². The van der Waals surface area contributed by atoms with Crippen molar-refractivity contribution < 1.29 is 22.4 Å². The Morgan fingerprint density at radius 3 is 2.45 bits per heavy atom. The lowest BCUT2D eigenvalue weighted by Gasteiger charge is -2.13. The average Bonchev–Trinajstić information content (AvgIpc) is 3.02. The van der Waals surface area contributed by atoms with Gasteiger partial charge in [0.05, 0.1) is 18.3 Å². The number of sulfonamides is 1. The first-order valence-corrected chi connectivity index (χ1v) is 10.3. The van der Waals surface area contributed by atoms with Crippen LogP contribution in [0.25, 0.3) is 16.5 Å². The molecule has 0 saturated heterocycles. The minimum Gasteiger partial charge on any atom is -0.496 e. The number of benzene rings is 2. The Labute approximate surface area is 169 Å². The number of primary sulfonamides is 1. The second kappa shape index (κ2) is 7.73. The number of hydrogen-bond acceptors (Lipinski definition) is 5. The summed E-state index contributed by atoms with van der Waals surface area (Å²) in [7, 11) is -2.20. The molecule has 1 heterocycles. The summed E-state index contributed by atoms with van der Waals surface area (Å²) in [5.41, 5.74) is 4.58. The lowest BCUT2D eigenvalue weighted by atomic mass is 9.98. The molecule has 0 aliphatic rings. The van der Waals surface area contributed by atoms with Crippen LogP contribution in [-0.2, 0) is 14.8 Å². The van der Waals surface area contributed by atoms with E-state index in [2.05, 4.69) is 5.32 Å². The van der Waals surface area contributed by atoms with Crippen molar-refractivity contribution in [2.75, 3.05) is 12.4 Å². The molecule has 8 heteroatoms. The molecule has 3 rings (SSSR count).